The van der Waals surface area contributed by atoms with E-state index in [4.69, 9.17) is 10.1 Å². The minimum absolute atomic E-state index is 0.0925. The highest BCUT2D eigenvalue weighted by molar-refractivity contribution is 6.19. The third-order valence-electron chi connectivity index (χ3n) is 5.19. The van der Waals surface area contributed by atoms with Gasteiger partial charge in [-0.1, -0.05) is 27.2 Å². The number of Topliss-reactive ketones (excluding diaryl/α,β-unsaturated/α-hetero) is 1. The molecule has 0 amide bonds. The first-order valence-electron chi connectivity index (χ1n) is 11.3. The number of allylic oxidation sites excluding steroid dienone is 1. The second-order valence-electron chi connectivity index (χ2n) is 8.63. The van der Waals surface area contributed by atoms with Crippen LogP contribution in [0.5, 0.6) is 0 Å². The molecule has 0 bridgehead atoms. The van der Waals surface area contributed by atoms with Crippen molar-refractivity contribution < 1.29 is 19.4 Å². The maximum absolute atomic E-state index is 12.6. The highest BCUT2D eigenvalue weighted by Gasteiger charge is 2.20. The summed E-state index contributed by atoms with van der Waals surface area (Å²) in [4.78, 5) is 55.8. The summed E-state index contributed by atoms with van der Waals surface area (Å²) in [5.74, 6) is -0.969. The molecule has 3 N–H and O–H groups in total. The van der Waals surface area contributed by atoms with Gasteiger partial charge in [-0.2, -0.15) is 0 Å². The number of hydrogen-bond donors (Lipinski definition) is 3. The van der Waals surface area contributed by atoms with Gasteiger partial charge in [-0.15, -0.1) is 0 Å². The Balaban J connectivity index is 2.32. The van der Waals surface area contributed by atoms with Crippen LogP contribution in [-0.4, -0.2) is 48.3 Å². The third-order valence-corrected chi connectivity index (χ3v) is 5.19. The minimum atomic E-state index is -0.641. The number of esters is 1. The van der Waals surface area contributed by atoms with Crippen LogP contribution in [-0.2, 0) is 33.8 Å². The number of hydrogen-bond acceptors (Lipinski definition) is 8. The smallest absolute Gasteiger partial charge is 0.330 e. The Morgan fingerprint density at radius 3 is 2.44 bits per heavy atom. The maximum atomic E-state index is 12.6. The van der Waals surface area contributed by atoms with E-state index in [9.17, 15) is 24.3 Å². The van der Waals surface area contributed by atoms with Gasteiger partial charge in [-0.05, 0) is 26.2 Å². The number of carbonyl (C=O) groups excluding carboxylic acids is 2. The molecule has 0 saturated heterocycles. The minimum Gasteiger partial charge on any atom is -0.508 e. The number of rotatable bonds is 12. The number of aliphatic hydroxyl groups excluding tert-OH is 1. The van der Waals surface area contributed by atoms with E-state index in [1.54, 1.807) is 4.57 Å². The lowest BCUT2D eigenvalue weighted by Gasteiger charge is -2.12. The predicted molar refractivity (Wildman–Crippen MR) is 127 cm³/mol. The highest BCUT2D eigenvalue weighted by Crippen LogP contribution is 2.16. The van der Waals surface area contributed by atoms with Crippen LogP contribution in [0.15, 0.2) is 20.9 Å². The number of imidazole rings is 1. The van der Waals surface area contributed by atoms with Crippen LogP contribution in [0.3, 0.4) is 0 Å². The van der Waals surface area contributed by atoms with Crippen LogP contribution in [0.1, 0.15) is 59.7 Å². The first-order valence-corrected chi connectivity index (χ1v) is 11.3. The fourth-order valence-electron chi connectivity index (χ4n) is 3.68. The van der Waals surface area contributed by atoms with Gasteiger partial charge in [0.1, 0.15) is 18.2 Å². The Bertz CT molecular complexity index is 1210. The molecule has 0 aliphatic carbocycles. The number of aliphatic hydroxyl groups is 1. The van der Waals surface area contributed by atoms with Gasteiger partial charge in [0.2, 0.25) is 0 Å². The molecular formula is C23H33N5O6. The number of unbranched alkanes of at least 4 members (excludes halogenated alkanes) is 1. The quantitative estimate of drug-likeness (QED) is 0.184. The molecule has 0 aliphatic heterocycles. The van der Waals surface area contributed by atoms with Crippen LogP contribution in [0.25, 0.3) is 11.2 Å². The van der Waals surface area contributed by atoms with E-state index >= 15 is 0 Å². The molecule has 0 radical (unpaired) electrons. The maximum Gasteiger partial charge on any atom is 0.330 e. The lowest BCUT2D eigenvalue weighted by molar-refractivity contribution is -0.143. The number of aromatic nitrogens is 4. The van der Waals surface area contributed by atoms with E-state index < -0.39 is 35.4 Å². The molecule has 0 spiro atoms. The monoisotopic (exact) mass is 475 g/mol. The molecule has 2 aromatic heterocycles. The average molecular weight is 476 g/mol. The van der Waals surface area contributed by atoms with Crippen LogP contribution in [0.2, 0.25) is 0 Å². The Morgan fingerprint density at radius 1 is 1.21 bits per heavy atom. The molecule has 11 heteroatoms. The van der Waals surface area contributed by atoms with Crippen molar-refractivity contribution in [1.82, 2.24) is 19.1 Å². The summed E-state index contributed by atoms with van der Waals surface area (Å²) in [5, 5.41) is 17.6. The lowest BCUT2D eigenvalue weighted by atomic mass is 10.1. The second kappa shape index (κ2) is 11.6. The van der Waals surface area contributed by atoms with Gasteiger partial charge in [0.15, 0.2) is 16.9 Å². The SMILES string of the molecule is CCCCn1c(=O)[nH]c(=O)c2c1nc(CCC(=O)OC/C(O)=C(\C(C)=N)C(C)=O)n2CC(C)C. The topological polar surface area (TPSA) is 160 Å². The number of nitrogens with zero attached hydrogens (tertiary/aromatic N) is 3. The van der Waals surface area contributed by atoms with Crippen LogP contribution < -0.4 is 11.2 Å². The van der Waals surface area contributed by atoms with Gasteiger partial charge in [0.05, 0.1) is 12.0 Å². The number of ether oxygens (including phenoxy) is 1. The molecule has 2 heterocycles. The Labute approximate surface area is 197 Å². The lowest BCUT2D eigenvalue weighted by Crippen LogP contribution is -2.31. The van der Waals surface area contributed by atoms with E-state index in [0.717, 1.165) is 12.8 Å². The van der Waals surface area contributed by atoms with Crippen LogP contribution in [0.4, 0.5) is 0 Å². The van der Waals surface area contributed by atoms with Gasteiger partial charge in [-0.25, -0.2) is 9.78 Å². The summed E-state index contributed by atoms with van der Waals surface area (Å²) in [6, 6.07) is 0. The summed E-state index contributed by atoms with van der Waals surface area (Å²) < 4.78 is 8.25. The van der Waals surface area contributed by atoms with E-state index in [-0.39, 0.29) is 30.0 Å². The van der Waals surface area contributed by atoms with Crippen molar-refractivity contribution in [3.05, 3.63) is 38.0 Å². The van der Waals surface area contributed by atoms with Crippen molar-refractivity contribution in [2.45, 2.75) is 73.4 Å². The molecule has 11 nitrogen and oxygen atoms in total. The van der Waals surface area contributed by atoms with Gasteiger partial charge < -0.3 is 19.8 Å². The fraction of sp³-hybridized carbons (Fsp3) is 0.565. The number of carbonyl (C=O) groups is 2. The van der Waals surface area contributed by atoms with Crippen molar-refractivity contribution in [3.63, 3.8) is 0 Å². The van der Waals surface area contributed by atoms with Gasteiger partial charge in [-0.3, -0.25) is 23.9 Å². The van der Waals surface area contributed by atoms with Crippen molar-refractivity contribution in [1.29, 1.82) is 5.41 Å². The zero-order valence-electron chi connectivity index (χ0n) is 20.4. The average Bonchev–Trinajstić information content (AvgIpc) is 3.07. The van der Waals surface area contributed by atoms with Crippen molar-refractivity contribution in [3.8, 4) is 0 Å². The Morgan fingerprint density at radius 2 is 1.88 bits per heavy atom. The molecule has 0 saturated carbocycles. The molecular weight excluding hydrogens is 442 g/mol. The van der Waals surface area contributed by atoms with E-state index in [1.165, 1.54) is 18.4 Å². The van der Waals surface area contributed by atoms with Crippen molar-refractivity contribution in [2.24, 2.45) is 5.92 Å². The Kier molecular flexibility index (Phi) is 9.11. The fourth-order valence-corrected chi connectivity index (χ4v) is 3.68. The number of aromatic amines is 1. The number of ketones is 1. The largest absolute Gasteiger partial charge is 0.508 e. The number of H-pyrrole nitrogens is 1. The summed E-state index contributed by atoms with van der Waals surface area (Å²) in [5.41, 5.74) is -0.765. The summed E-state index contributed by atoms with van der Waals surface area (Å²) in [6.45, 7) is 8.90. The molecule has 34 heavy (non-hydrogen) atoms. The summed E-state index contributed by atoms with van der Waals surface area (Å²) >= 11 is 0. The standard InChI is InChI=1S/C23H33N5O6/c1-6-7-10-27-21-20(22(32)26-23(27)33)28(11-13(2)3)17(25-21)8-9-18(31)34-12-16(30)19(14(4)24)15(5)29/h13,24,30H,6-12H2,1-5H3,(H,26,32,33)/b19-16-,24-14?. The second-order valence-corrected chi connectivity index (χ2v) is 8.63. The molecule has 0 unspecified atom stereocenters. The van der Waals surface area contributed by atoms with Crippen LogP contribution >= 0.6 is 0 Å². The molecule has 2 rings (SSSR count). The molecule has 0 aromatic carbocycles. The summed E-state index contributed by atoms with van der Waals surface area (Å²) in [7, 11) is 0. The van der Waals surface area contributed by atoms with E-state index in [1.807, 2.05) is 20.8 Å². The van der Waals surface area contributed by atoms with Crippen molar-refractivity contribution in [2.75, 3.05) is 6.61 Å². The molecule has 2 aromatic rings. The van der Waals surface area contributed by atoms with Crippen molar-refractivity contribution >= 4 is 28.6 Å². The first-order chi connectivity index (χ1) is 16.0. The normalized spacial score (nSPS) is 12.2. The zero-order valence-corrected chi connectivity index (χ0v) is 20.4. The van der Waals surface area contributed by atoms with Gasteiger partial charge >= 0.3 is 11.7 Å². The van der Waals surface area contributed by atoms with Gasteiger partial charge in [0.25, 0.3) is 5.56 Å². The zero-order chi connectivity index (χ0) is 25.6. The molecule has 0 fully saturated rings. The van der Waals surface area contributed by atoms with Gasteiger partial charge in [0, 0.05) is 25.2 Å². The summed E-state index contributed by atoms with van der Waals surface area (Å²) in [6.07, 6.45) is 1.66. The van der Waals surface area contributed by atoms with E-state index in [0.29, 0.717) is 30.1 Å². The highest BCUT2D eigenvalue weighted by atomic mass is 16.5. The molecule has 186 valence electrons. The van der Waals surface area contributed by atoms with Crippen LogP contribution in [0, 0.1) is 11.3 Å². The first kappa shape index (κ1) is 26.7. The number of fused-ring (bicyclic) bond motifs is 1. The number of aryl methyl sites for hydroxylation is 2. The predicted octanol–water partition coefficient (Wildman–Crippen LogP) is 2.26. The van der Waals surface area contributed by atoms with E-state index in [2.05, 4.69) is 9.97 Å². The number of nitrogens with one attached hydrogen (secondary N) is 2. The molecule has 0 aliphatic rings. The molecule has 0 atom stereocenters. The third kappa shape index (κ3) is 6.30. The Hall–Kier alpha value is -3.50.